The highest BCUT2D eigenvalue weighted by Crippen LogP contribution is 2.41. The smallest absolute Gasteiger partial charge is 0.151 e. The summed E-state index contributed by atoms with van der Waals surface area (Å²) in [5.41, 5.74) is 7.04. The number of halogens is 2. The molecule has 3 N–H and O–H groups in total. The van der Waals surface area contributed by atoms with Gasteiger partial charge in [-0.3, -0.25) is 0 Å². The predicted octanol–water partition coefficient (Wildman–Crippen LogP) is 2.64. The highest BCUT2D eigenvalue weighted by Gasteiger charge is 2.24. The lowest BCUT2D eigenvalue weighted by Gasteiger charge is -2.28. The normalized spacial score (nSPS) is 16.2. The zero-order valence-electron chi connectivity index (χ0n) is 11.6. The number of nitriles is 1. The zero-order valence-corrected chi connectivity index (χ0v) is 11.6. The molecular weight excluding hydrogens is 288 g/mol. The largest absolute Gasteiger partial charge is 0.484 e. The van der Waals surface area contributed by atoms with Gasteiger partial charge in [0, 0.05) is 23.7 Å². The molecule has 1 aliphatic heterocycles. The second kappa shape index (κ2) is 5.62. The summed E-state index contributed by atoms with van der Waals surface area (Å²) in [4.78, 5) is 0. The second-order valence-corrected chi connectivity index (χ2v) is 4.99. The first-order valence-electron chi connectivity index (χ1n) is 6.76. The van der Waals surface area contributed by atoms with Crippen molar-refractivity contribution >= 4 is 5.69 Å². The van der Waals surface area contributed by atoms with Crippen molar-refractivity contribution in [1.29, 1.82) is 5.26 Å². The molecule has 0 aromatic heterocycles. The van der Waals surface area contributed by atoms with Crippen LogP contribution in [0.1, 0.15) is 5.56 Å². The van der Waals surface area contributed by atoms with E-state index in [1.54, 1.807) is 0 Å². The van der Waals surface area contributed by atoms with E-state index in [9.17, 15) is 14.0 Å². The van der Waals surface area contributed by atoms with Gasteiger partial charge in [0.15, 0.2) is 5.75 Å². The van der Waals surface area contributed by atoms with Crippen molar-refractivity contribution in [2.24, 2.45) is 5.73 Å². The molecule has 1 heterocycles. The summed E-state index contributed by atoms with van der Waals surface area (Å²) in [6.45, 7) is 0.776. The Balaban J connectivity index is 2.20. The van der Waals surface area contributed by atoms with Crippen molar-refractivity contribution in [2.45, 2.75) is 6.10 Å². The summed E-state index contributed by atoms with van der Waals surface area (Å²) >= 11 is 0. The van der Waals surface area contributed by atoms with Gasteiger partial charge < -0.3 is 15.8 Å². The Morgan fingerprint density at radius 2 is 2.05 bits per heavy atom. The lowest BCUT2D eigenvalue weighted by atomic mass is 9.97. The minimum Gasteiger partial charge on any atom is -0.484 e. The molecule has 6 heteroatoms. The fraction of sp³-hybridized carbons (Fsp3) is 0.188. The first-order chi connectivity index (χ1) is 10.6. The lowest BCUT2D eigenvalue weighted by molar-refractivity contribution is 0.215. The number of nitrogens with one attached hydrogen (secondary N) is 1. The van der Waals surface area contributed by atoms with E-state index in [1.165, 1.54) is 24.3 Å². The molecule has 4 nitrogen and oxygen atoms in total. The molecule has 22 heavy (non-hydrogen) atoms. The van der Waals surface area contributed by atoms with Crippen molar-refractivity contribution in [2.75, 3.05) is 18.4 Å². The van der Waals surface area contributed by atoms with Gasteiger partial charge >= 0.3 is 0 Å². The highest BCUT2D eigenvalue weighted by molar-refractivity contribution is 5.82. The Labute approximate surface area is 126 Å². The van der Waals surface area contributed by atoms with Crippen LogP contribution in [0.4, 0.5) is 14.5 Å². The van der Waals surface area contributed by atoms with E-state index in [1.807, 2.05) is 6.07 Å². The molecule has 1 atom stereocenters. The molecule has 0 fully saturated rings. The predicted molar refractivity (Wildman–Crippen MR) is 78.5 cm³/mol. The molecule has 3 rings (SSSR count). The molecule has 112 valence electrons. The van der Waals surface area contributed by atoms with E-state index in [2.05, 4.69) is 5.32 Å². The van der Waals surface area contributed by atoms with E-state index >= 15 is 0 Å². The van der Waals surface area contributed by atoms with Crippen LogP contribution >= 0.6 is 0 Å². The van der Waals surface area contributed by atoms with Crippen LogP contribution in [0.25, 0.3) is 11.1 Å². The summed E-state index contributed by atoms with van der Waals surface area (Å²) in [7, 11) is 0. The number of benzene rings is 2. The molecule has 1 aliphatic rings. The minimum atomic E-state index is -0.524. The van der Waals surface area contributed by atoms with E-state index < -0.39 is 11.6 Å². The Kier molecular flexibility index (Phi) is 3.65. The Bertz CT molecular complexity index is 771. The molecule has 0 spiro atoms. The topological polar surface area (TPSA) is 71.1 Å². The fourth-order valence-electron chi connectivity index (χ4n) is 2.46. The van der Waals surface area contributed by atoms with Crippen molar-refractivity contribution < 1.29 is 13.5 Å². The third-order valence-electron chi connectivity index (χ3n) is 3.51. The maximum Gasteiger partial charge on any atom is 0.151 e. The standard InChI is InChI=1S/C16H13F2N3O/c17-10-1-2-13(9(3-10)6-19)14-4-11(18)5-15-16(14)22-12(7-20)8-21-15/h1-5,12,21H,7-8,20H2/t12-/m0/s1. The number of rotatable bonds is 2. The molecule has 0 radical (unpaired) electrons. The number of hydrogen-bond donors (Lipinski definition) is 2. The average molecular weight is 301 g/mol. The van der Waals surface area contributed by atoms with Gasteiger partial charge in [0.25, 0.3) is 0 Å². The van der Waals surface area contributed by atoms with Crippen molar-refractivity contribution in [3.05, 3.63) is 47.5 Å². The summed E-state index contributed by atoms with van der Waals surface area (Å²) in [6.07, 6.45) is -0.248. The molecule has 2 aromatic carbocycles. The van der Waals surface area contributed by atoms with Crippen LogP contribution in [0.3, 0.4) is 0 Å². The van der Waals surface area contributed by atoms with Crippen LogP contribution in [0.15, 0.2) is 30.3 Å². The number of nitrogens with zero attached hydrogens (tertiary/aromatic N) is 1. The van der Waals surface area contributed by atoms with E-state index in [0.717, 1.165) is 6.07 Å². The van der Waals surface area contributed by atoms with Crippen LogP contribution in [-0.4, -0.2) is 19.2 Å². The average Bonchev–Trinajstić information content (AvgIpc) is 2.53. The number of nitrogens with two attached hydrogens (primary N) is 1. The first kappa shape index (κ1) is 14.3. The van der Waals surface area contributed by atoms with Crippen LogP contribution in [0.2, 0.25) is 0 Å². The van der Waals surface area contributed by atoms with Crippen LogP contribution < -0.4 is 15.8 Å². The Morgan fingerprint density at radius 3 is 2.77 bits per heavy atom. The second-order valence-electron chi connectivity index (χ2n) is 4.99. The first-order valence-corrected chi connectivity index (χ1v) is 6.76. The van der Waals surface area contributed by atoms with Gasteiger partial charge in [-0.25, -0.2) is 8.78 Å². The van der Waals surface area contributed by atoms with E-state index in [0.29, 0.717) is 35.7 Å². The summed E-state index contributed by atoms with van der Waals surface area (Å²) < 4.78 is 33.0. The van der Waals surface area contributed by atoms with E-state index in [-0.39, 0.29) is 11.7 Å². The molecule has 0 aliphatic carbocycles. The van der Waals surface area contributed by atoms with Crippen molar-refractivity contribution in [3.63, 3.8) is 0 Å². The van der Waals surface area contributed by atoms with Gasteiger partial charge in [-0.2, -0.15) is 5.26 Å². The number of fused-ring (bicyclic) bond motifs is 1. The minimum absolute atomic E-state index is 0.117. The van der Waals surface area contributed by atoms with Crippen LogP contribution in [0, 0.1) is 23.0 Å². The highest BCUT2D eigenvalue weighted by atomic mass is 19.1. The van der Waals surface area contributed by atoms with E-state index in [4.69, 9.17) is 10.5 Å². The molecule has 2 aromatic rings. The van der Waals surface area contributed by atoms with Crippen molar-refractivity contribution in [1.82, 2.24) is 0 Å². The zero-order chi connectivity index (χ0) is 15.7. The molecule has 0 bridgehead atoms. The quantitative estimate of drug-likeness (QED) is 0.894. The van der Waals surface area contributed by atoms with Crippen LogP contribution in [0.5, 0.6) is 5.75 Å². The monoisotopic (exact) mass is 301 g/mol. The maximum atomic E-state index is 13.9. The molecule has 0 saturated heterocycles. The number of hydrogen-bond acceptors (Lipinski definition) is 4. The Morgan fingerprint density at radius 1 is 1.23 bits per heavy atom. The maximum absolute atomic E-state index is 13.9. The third-order valence-corrected chi connectivity index (χ3v) is 3.51. The summed E-state index contributed by atoms with van der Waals surface area (Å²) in [5.74, 6) is -0.570. The Hall–Kier alpha value is -2.65. The number of ether oxygens (including phenoxy) is 1. The van der Waals surface area contributed by atoms with Gasteiger partial charge in [-0.05, 0) is 18.2 Å². The van der Waals surface area contributed by atoms with Gasteiger partial charge in [-0.15, -0.1) is 0 Å². The van der Waals surface area contributed by atoms with Gasteiger partial charge in [0.1, 0.15) is 17.7 Å². The third kappa shape index (κ3) is 2.47. The summed E-state index contributed by atoms with van der Waals surface area (Å²) in [6, 6.07) is 8.30. The fourth-order valence-corrected chi connectivity index (χ4v) is 2.46. The van der Waals surface area contributed by atoms with Crippen LogP contribution in [-0.2, 0) is 0 Å². The SMILES string of the molecule is N#Cc1cc(F)ccc1-c1cc(F)cc2c1O[C@@H](CN)CN2. The molecule has 0 saturated carbocycles. The molecular formula is C16H13F2N3O. The molecule has 0 amide bonds. The molecule has 0 unspecified atom stereocenters. The summed E-state index contributed by atoms with van der Waals surface area (Å²) in [5, 5.41) is 12.3. The van der Waals surface area contributed by atoms with Gasteiger partial charge in [-0.1, -0.05) is 6.07 Å². The van der Waals surface area contributed by atoms with Crippen molar-refractivity contribution in [3.8, 4) is 22.9 Å². The lowest BCUT2D eigenvalue weighted by Crippen LogP contribution is -2.37. The van der Waals surface area contributed by atoms with Gasteiger partial charge in [0.2, 0.25) is 0 Å². The number of anilines is 1. The van der Waals surface area contributed by atoms with Gasteiger partial charge in [0.05, 0.1) is 23.9 Å².